The Hall–Kier alpha value is -3.44. The molecule has 4 rings (SSSR count). The van der Waals surface area contributed by atoms with Gasteiger partial charge in [0, 0.05) is 54.5 Å². The lowest BCUT2D eigenvalue weighted by atomic mass is 9.62. The fourth-order valence-electron chi connectivity index (χ4n) is 4.70. The molecule has 11 heteroatoms. The maximum absolute atomic E-state index is 13.9. The average Bonchev–Trinajstić information content (AvgIpc) is 3.31. The van der Waals surface area contributed by atoms with Crippen LogP contribution in [0.15, 0.2) is 47.2 Å². The maximum Gasteiger partial charge on any atom is 0.410 e. The summed E-state index contributed by atoms with van der Waals surface area (Å²) in [4.78, 5) is 22.7. The molecule has 1 aliphatic rings. The molecule has 3 heterocycles. The van der Waals surface area contributed by atoms with Gasteiger partial charge in [-0.1, -0.05) is 36.3 Å². The van der Waals surface area contributed by atoms with Crippen molar-refractivity contribution in [3.05, 3.63) is 65.3 Å². The summed E-state index contributed by atoms with van der Waals surface area (Å²) in [5.74, 6) is -2.89. The van der Waals surface area contributed by atoms with E-state index in [2.05, 4.69) is 15.1 Å². The van der Waals surface area contributed by atoms with Gasteiger partial charge >= 0.3 is 6.09 Å². The van der Waals surface area contributed by atoms with E-state index in [0.29, 0.717) is 16.7 Å². The summed E-state index contributed by atoms with van der Waals surface area (Å²) in [6.45, 7) is 11.2. The fourth-order valence-corrected chi connectivity index (χ4v) is 4.70. The Balaban J connectivity index is 1.77. The molecule has 1 aliphatic heterocycles. The summed E-state index contributed by atoms with van der Waals surface area (Å²) in [5.41, 5.74) is -3.82. The number of hydrogen-bond donors (Lipinski definition) is 2. The van der Waals surface area contributed by atoms with Crippen molar-refractivity contribution >= 4 is 6.09 Å². The van der Waals surface area contributed by atoms with Crippen LogP contribution in [0.3, 0.4) is 0 Å². The summed E-state index contributed by atoms with van der Waals surface area (Å²) < 4.78 is 38.6. The second-order valence-electron chi connectivity index (χ2n) is 12.0. The highest BCUT2D eigenvalue weighted by Gasteiger charge is 2.58. The molecule has 1 amide bonds. The standard InChI is InChI=1S/C28H34F2N4O5/c1-24(2,3)38-23(35)34-15-26(6,16-34)28(37,19-10-8-18(9-11-19)27(7,29)30)20-12-17(13-31-14-20)21-32-22(39-33-21)25(4,5)36/h8-14,36-37H,15-16H2,1-7H3. The summed E-state index contributed by atoms with van der Waals surface area (Å²) in [6.07, 6.45) is 2.45. The van der Waals surface area contributed by atoms with Crippen molar-refractivity contribution < 1.29 is 33.0 Å². The Labute approximate surface area is 225 Å². The molecule has 2 N–H and O–H groups in total. The number of amides is 1. The zero-order chi connectivity index (χ0) is 29.0. The van der Waals surface area contributed by atoms with E-state index in [1.807, 2.05) is 6.92 Å². The summed E-state index contributed by atoms with van der Waals surface area (Å²) in [5, 5.41) is 26.6. The van der Waals surface area contributed by atoms with Crippen LogP contribution < -0.4 is 0 Å². The first-order valence-corrected chi connectivity index (χ1v) is 12.6. The van der Waals surface area contributed by atoms with Crippen LogP contribution in [0.5, 0.6) is 0 Å². The minimum absolute atomic E-state index is 0.00760. The number of pyridine rings is 1. The third-order valence-corrected chi connectivity index (χ3v) is 6.78. The number of carbonyl (C=O) groups excluding carboxylic acids is 1. The number of halogens is 2. The predicted molar refractivity (Wildman–Crippen MR) is 138 cm³/mol. The topological polar surface area (TPSA) is 122 Å². The van der Waals surface area contributed by atoms with E-state index in [1.54, 1.807) is 26.8 Å². The van der Waals surface area contributed by atoms with Crippen molar-refractivity contribution in [3.8, 4) is 11.4 Å². The third kappa shape index (κ3) is 5.51. The second-order valence-corrected chi connectivity index (χ2v) is 12.0. The highest BCUT2D eigenvalue weighted by Crippen LogP contribution is 2.51. The normalized spacial score (nSPS) is 17.4. The highest BCUT2D eigenvalue weighted by atomic mass is 19.3. The van der Waals surface area contributed by atoms with Crippen LogP contribution >= 0.6 is 0 Å². The van der Waals surface area contributed by atoms with E-state index in [4.69, 9.17) is 9.26 Å². The lowest BCUT2D eigenvalue weighted by molar-refractivity contribution is -0.131. The number of aliphatic hydroxyl groups is 2. The lowest BCUT2D eigenvalue weighted by Gasteiger charge is -2.56. The minimum atomic E-state index is -3.05. The number of ether oxygens (including phenoxy) is 1. The van der Waals surface area contributed by atoms with Crippen LogP contribution in [0.25, 0.3) is 11.4 Å². The van der Waals surface area contributed by atoms with Crippen LogP contribution in [0.2, 0.25) is 0 Å². The number of alkyl halides is 2. The van der Waals surface area contributed by atoms with Crippen LogP contribution in [-0.4, -0.2) is 55.0 Å². The predicted octanol–water partition coefficient (Wildman–Crippen LogP) is 4.96. The smallest absolute Gasteiger partial charge is 0.410 e. The van der Waals surface area contributed by atoms with Gasteiger partial charge < -0.3 is 24.4 Å². The second kappa shape index (κ2) is 9.34. The van der Waals surface area contributed by atoms with Crippen molar-refractivity contribution in [1.82, 2.24) is 20.0 Å². The van der Waals surface area contributed by atoms with Gasteiger partial charge in [-0.3, -0.25) is 4.98 Å². The van der Waals surface area contributed by atoms with Gasteiger partial charge in [-0.15, -0.1) is 0 Å². The van der Waals surface area contributed by atoms with Gasteiger partial charge in [0.25, 0.3) is 11.8 Å². The number of nitrogens with zero attached hydrogens (tertiary/aromatic N) is 4. The molecular weight excluding hydrogens is 510 g/mol. The number of benzene rings is 1. The zero-order valence-corrected chi connectivity index (χ0v) is 23.1. The SMILES string of the molecule is CC(C)(C)OC(=O)N1CC(C)(C(O)(c2ccc(C(C)(F)F)cc2)c2cncc(-c3noc(C(C)(C)O)n3)c2)C1. The van der Waals surface area contributed by atoms with Crippen molar-refractivity contribution in [2.24, 2.45) is 5.41 Å². The Morgan fingerprint density at radius 1 is 1.00 bits per heavy atom. The van der Waals surface area contributed by atoms with Gasteiger partial charge in [-0.25, -0.2) is 13.6 Å². The maximum atomic E-state index is 13.9. The first-order chi connectivity index (χ1) is 17.8. The van der Waals surface area contributed by atoms with Gasteiger partial charge in [0.2, 0.25) is 5.82 Å². The molecule has 39 heavy (non-hydrogen) atoms. The molecule has 1 atom stereocenters. The van der Waals surface area contributed by atoms with Gasteiger partial charge in [0.1, 0.15) is 16.8 Å². The molecule has 3 aromatic rings. The minimum Gasteiger partial charge on any atom is -0.444 e. The molecular formula is C28H34F2N4O5. The molecule has 0 radical (unpaired) electrons. The molecule has 1 saturated heterocycles. The third-order valence-electron chi connectivity index (χ3n) is 6.78. The summed E-state index contributed by atoms with van der Waals surface area (Å²) in [6, 6.07) is 7.11. The van der Waals surface area contributed by atoms with E-state index in [1.165, 1.54) is 55.4 Å². The summed E-state index contributed by atoms with van der Waals surface area (Å²) in [7, 11) is 0. The van der Waals surface area contributed by atoms with Gasteiger partial charge in [0.15, 0.2) is 0 Å². The van der Waals surface area contributed by atoms with Crippen LogP contribution in [-0.2, 0) is 21.9 Å². The molecule has 1 unspecified atom stereocenters. The van der Waals surface area contributed by atoms with Crippen molar-refractivity contribution in [2.75, 3.05) is 13.1 Å². The van der Waals surface area contributed by atoms with Crippen molar-refractivity contribution in [3.63, 3.8) is 0 Å². The molecule has 0 saturated carbocycles. The number of rotatable bonds is 6. The summed E-state index contributed by atoms with van der Waals surface area (Å²) >= 11 is 0. The number of hydrogen-bond acceptors (Lipinski definition) is 8. The van der Waals surface area contributed by atoms with E-state index >= 15 is 0 Å². The molecule has 2 aromatic heterocycles. The van der Waals surface area contributed by atoms with Crippen LogP contribution in [0.1, 0.15) is 71.0 Å². The molecule has 0 aliphatic carbocycles. The van der Waals surface area contributed by atoms with Gasteiger partial charge in [0.05, 0.1) is 0 Å². The van der Waals surface area contributed by atoms with E-state index in [9.17, 15) is 23.8 Å². The number of carbonyl (C=O) groups is 1. The Morgan fingerprint density at radius 3 is 2.10 bits per heavy atom. The van der Waals surface area contributed by atoms with Crippen LogP contribution in [0.4, 0.5) is 13.6 Å². The van der Waals surface area contributed by atoms with E-state index in [0.717, 1.165) is 6.92 Å². The Bertz CT molecular complexity index is 1350. The van der Waals surface area contributed by atoms with Crippen molar-refractivity contribution in [1.29, 1.82) is 0 Å². The zero-order valence-electron chi connectivity index (χ0n) is 23.1. The monoisotopic (exact) mass is 544 g/mol. The highest BCUT2D eigenvalue weighted by molar-refractivity contribution is 5.70. The first kappa shape index (κ1) is 28.6. The number of likely N-dealkylation sites (tertiary alicyclic amines) is 1. The molecule has 210 valence electrons. The van der Waals surface area contributed by atoms with E-state index in [-0.39, 0.29) is 30.4 Å². The fraction of sp³-hybridized carbons (Fsp3) is 0.500. The van der Waals surface area contributed by atoms with Gasteiger partial charge in [-0.05, 0) is 46.2 Å². The number of aromatic nitrogens is 3. The van der Waals surface area contributed by atoms with Crippen molar-refractivity contribution in [2.45, 2.75) is 71.2 Å². The molecule has 1 fully saturated rings. The lowest BCUT2D eigenvalue weighted by Crippen LogP contribution is -2.66. The first-order valence-electron chi connectivity index (χ1n) is 12.6. The molecule has 0 spiro atoms. The van der Waals surface area contributed by atoms with E-state index < -0.39 is 34.2 Å². The molecule has 0 bridgehead atoms. The molecule has 1 aromatic carbocycles. The average molecular weight is 545 g/mol. The quantitative estimate of drug-likeness (QED) is 0.446. The Kier molecular flexibility index (Phi) is 6.84. The molecule has 9 nitrogen and oxygen atoms in total. The largest absolute Gasteiger partial charge is 0.444 e. The van der Waals surface area contributed by atoms with Gasteiger partial charge in [-0.2, -0.15) is 4.98 Å². The van der Waals surface area contributed by atoms with Crippen LogP contribution in [0, 0.1) is 5.41 Å². The Morgan fingerprint density at radius 2 is 1.59 bits per heavy atom.